The monoisotopic (exact) mass is 213 g/mol. The van der Waals surface area contributed by atoms with E-state index in [-0.39, 0.29) is 29.0 Å². The second-order valence-electron chi connectivity index (χ2n) is 4.13. The van der Waals surface area contributed by atoms with E-state index in [9.17, 15) is 10.1 Å². The largest absolute Gasteiger partial charge is 0.356 e. The van der Waals surface area contributed by atoms with Crippen LogP contribution in [0, 0.1) is 27.9 Å². The van der Waals surface area contributed by atoms with Crippen LogP contribution in [0.2, 0.25) is 0 Å². The molecular weight excluding hydrogens is 198 g/mol. The summed E-state index contributed by atoms with van der Waals surface area (Å²) in [6, 6.07) is -0.460. The molecule has 1 saturated carbocycles. The smallest absolute Gasteiger partial charge is 0.220 e. The standard InChI is InChI=1S/C10H15NO4/c1-14-10(15-2)9-6-3-4-7(9)8(5-6)11(12)13/h3-4,6-10H,5H2,1-2H3. The fourth-order valence-electron chi connectivity index (χ4n) is 2.89. The van der Waals surface area contributed by atoms with E-state index in [2.05, 4.69) is 6.08 Å². The molecule has 0 aliphatic heterocycles. The first kappa shape index (κ1) is 10.6. The van der Waals surface area contributed by atoms with Crippen molar-refractivity contribution in [2.45, 2.75) is 18.8 Å². The number of hydrogen-bond acceptors (Lipinski definition) is 4. The summed E-state index contributed by atoms with van der Waals surface area (Å²) in [5, 5.41) is 10.8. The Morgan fingerprint density at radius 2 is 2.07 bits per heavy atom. The van der Waals surface area contributed by atoms with Crippen molar-refractivity contribution in [1.82, 2.24) is 0 Å². The van der Waals surface area contributed by atoms with E-state index in [1.54, 1.807) is 14.2 Å². The maximum atomic E-state index is 10.8. The normalized spacial score (nSPS) is 37.8. The van der Waals surface area contributed by atoms with Crippen LogP contribution >= 0.6 is 0 Å². The SMILES string of the molecule is COC(OC)C1C2C=CC1C([N+](=O)[O-])C2. The molecule has 0 heterocycles. The first-order valence-electron chi connectivity index (χ1n) is 5.06. The lowest BCUT2D eigenvalue weighted by molar-refractivity contribution is -0.528. The molecule has 84 valence electrons. The van der Waals surface area contributed by atoms with Crippen LogP contribution in [0.4, 0.5) is 0 Å². The Morgan fingerprint density at radius 3 is 2.53 bits per heavy atom. The number of ether oxygens (including phenoxy) is 2. The van der Waals surface area contributed by atoms with Gasteiger partial charge < -0.3 is 9.47 Å². The molecule has 15 heavy (non-hydrogen) atoms. The van der Waals surface area contributed by atoms with Crippen LogP contribution in [0.15, 0.2) is 12.2 Å². The third-order valence-corrected chi connectivity index (χ3v) is 3.53. The Hall–Kier alpha value is -0.940. The van der Waals surface area contributed by atoms with Gasteiger partial charge in [-0.3, -0.25) is 10.1 Å². The van der Waals surface area contributed by atoms with Gasteiger partial charge in [-0.1, -0.05) is 12.2 Å². The highest BCUT2D eigenvalue weighted by Crippen LogP contribution is 2.47. The average Bonchev–Trinajstić information content (AvgIpc) is 2.78. The van der Waals surface area contributed by atoms with E-state index in [1.807, 2.05) is 6.08 Å². The number of methoxy groups -OCH3 is 2. The van der Waals surface area contributed by atoms with Crippen molar-refractivity contribution in [3.05, 3.63) is 22.3 Å². The molecule has 0 radical (unpaired) electrons. The van der Waals surface area contributed by atoms with Crippen LogP contribution < -0.4 is 0 Å². The molecule has 0 spiro atoms. The molecule has 2 aliphatic carbocycles. The van der Waals surface area contributed by atoms with E-state index in [4.69, 9.17) is 9.47 Å². The van der Waals surface area contributed by atoms with Crippen molar-refractivity contribution in [2.75, 3.05) is 14.2 Å². The van der Waals surface area contributed by atoms with Gasteiger partial charge in [0.2, 0.25) is 6.04 Å². The van der Waals surface area contributed by atoms with Crippen LogP contribution in [0.25, 0.3) is 0 Å². The number of nitro groups is 1. The zero-order chi connectivity index (χ0) is 11.0. The van der Waals surface area contributed by atoms with Gasteiger partial charge in [0.1, 0.15) is 0 Å². The second-order valence-corrected chi connectivity index (χ2v) is 4.13. The van der Waals surface area contributed by atoms with Crippen molar-refractivity contribution in [3.8, 4) is 0 Å². The van der Waals surface area contributed by atoms with E-state index < -0.39 is 6.04 Å². The Bertz CT molecular complexity index is 287. The molecule has 0 aromatic heterocycles. The third-order valence-electron chi connectivity index (χ3n) is 3.53. The lowest BCUT2D eigenvalue weighted by atomic mass is 9.95. The van der Waals surface area contributed by atoms with E-state index in [0.29, 0.717) is 6.42 Å². The molecule has 0 N–H and O–H groups in total. The zero-order valence-electron chi connectivity index (χ0n) is 8.83. The highest BCUT2D eigenvalue weighted by Gasteiger charge is 2.54. The van der Waals surface area contributed by atoms with Crippen molar-refractivity contribution in [3.63, 3.8) is 0 Å². The zero-order valence-corrected chi connectivity index (χ0v) is 8.83. The summed E-state index contributed by atoms with van der Waals surface area (Å²) in [5.74, 6) is 0.306. The van der Waals surface area contributed by atoms with Gasteiger partial charge in [-0.25, -0.2) is 0 Å². The van der Waals surface area contributed by atoms with Gasteiger partial charge in [0.15, 0.2) is 6.29 Å². The summed E-state index contributed by atoms with van der Waals surface area (Å²) < 4.78 is 10.4. The summed E-state index contributed by atoms with van der Waals surface area (Å²) in [6.07, 6.45) is 4.28. The highest BCUT2D eigenvalue weighted by atomic mass is 16.7. The fraction of sp³-hybridized carbons (Fsp3) is 0.800. The molecule has 2 bridgehead atoms. The lowest BCUT2D eigenvalue weighted by Gasteiger charge is -2.24. The van der Waals surface area contributed by atoms with E-state index in [0.717, 1.165) is 0 Å². The van der Waals surface area contributed by atoms with Crippen LogP contribution in [-0.2, 0) is 9.47 Å². The Balaban J connectivity index is 2.15. The molecule has 4 atom stereocenters. The van der Waals surface area contributed by atoms with Crippen molar-refractivity contribution in [2.24, 2.45) is 17.8 Å². The first-order valence-corrected chi connectivity index (χ1v) is 5.06. The summed E-state index contributed by atoms with van der Waals surface area (Å²) >= 11 is 0. The average molecular weight is 213 g/mol. The summed E-state index contributed by atoms with van der Waals surface area (Å²) in [4.78, 5) is 10.6. The van der Waals surface area contributed by atoms with E-state index in [1.165, 1.54) is 0 Å². The predicted octanol–water partition coefficient (Wildman–Crippen LogP) is 1.07. The molecule has 0 saturated heterocycles. The van der Waals surface area contributed by atoms with Crippen molar-refractivity contribution in [1.29, 1.82) is 0 Å². The Morgan fingerprint density at radius 1 is 1.40 bits per heavy atom. The molecule has 5 heteroatoms. The van der Waals surface area contributed by atoms with Gasteiger partial charge in [0, 0.05) is 31.5 Å². The van der Waals surface area contributed by atoms with Gasteiger partial charge >= 0.3 is 0 Å². The van der Waals surface area contributed by atoms with Crippen molar-refractivity contribution < 1.29 is 14.4 Å². The van der Waals surface area contributed by atoms with Gasteiger partial charge in [0.25, 0.3) is 0 Å². The topological polar surface area (TPSA) is 61.6 Å². The predicted molar refractivity (Wildman–Crippen MR) is 52.8 cm³/mol. The third kappa shape index (κ3) is 1.55. The highest BCUT2D eigenvalue weighted by molar-refractivity contribution is 5.15. The minimum atomic E-state index is -0.460. The number of fused-ring (bicyclic) bond motifs is 2. The van der Waals surface area contributed by atoms with Gasteiger partial charge in [-0.2, -0.15) is 0 Å². The molecular formula is C10H15NO4. The molecule has 2 rings (SSSR count). The fourth-order valence-corrected chi connectivity index (χ4v) is 2.89. The van der Waals surface area contributed by atoms with Crippen molar-refractivity contribution >= 4 is 0 Å². The Labute approximate surface area is 88.2 Å². The molecule has 4 unspecified atom stereocenters. The molecule has 0 aromatic carbocycles. The van der Waals surface area contributed by atoms with Crippen LogP contribution in [0.3, 0.4) is 0 Å². The van der Waals surface area contributed by atoms with Gasteiger partial charge in [-0.15, -0.1) is 0 Å². The molecule has 1 fully saturated rings. The Kier molecular flexibility index (Phi) is 2.75. The van der Waals surface area contributed by atoms with Crippen LogP contribution in [-0.4, -0.2) is 31.5 Å². The summed E-state index contributed by atoms with van der Waals surface area (Å²) in [6.45, 7) is 0. The minimum absolute atomic E-state index is 0.0325. The number of rotatable bonds is 4. The van der Waals surface area contributed by atoms with Gasteiger partial charge in [0.05, 0.1) is 5.92 Å². The van der Waals surface area contributed by atoms with Gasteiger partial charge in [-0.05, 0) is 5.92 Å². The van der Waals surface area contributed by atoms with E-state index >= 15 is 0 Å². The number of nitrogens with zero attached hydrogens (tertiary/aromatic N) is 1. The maximum Gasteiger partial charge on any atom is 0.220 e. The summed E-state index contributed by atoms with van der Waals surface area (Å²) in [5.41, 5.74) is 0. The molecule has 2 aliphatic rings. The number of allylic oxidation sites excluding steroid dienone is 1. The lowest BCUT2D eigenvalue weighted by Crippen LogP contribution is -2.32. The van der Waals surface area contributed by atoms with Crippen LogP contribution in [0.1, 0.15) is 6.42 Å². The second kappa shape index (κ2) is 3.90. The quantitative estimate of drug-likeness (QED) is 0.303. The molecule has 0 aromatic rings. The molecule has 5 nitrogen and oxygen atoms in total. The van der Waals surface area contributed by atoms with Crippen LogP contribution in [0.5, 0.6) is 0 Å². The minimum Gasteiger partial charge on any atom is -0.356 e. The summed E-state index contributed by atoms with van der Waals surface area (Å²) in [7, 11) is 3.15. The number of hydrogen-bond donors (Lipinski definition) is 0. The first-order chi connectivity index (χ1) is 7.19. The molecule has 0 amide bonds. The maximum absolute atomic E-state index is 10.8.